The van der Waals surface area contributed by atoms with Crippen LogP contribution in [0.15, 0.2) is 11.6 Å². The van der Waals surface area contributed by atoms with Gasteiger partial charge >= 0.3 is 0 Å². The summed E-state index contributed by atoms with van der Waals surface area (Å²) in [6.45, 7) is 8.15. The van der Waals surface area contributed by atoms with Crippen LogP contribution in [0, 0.1) is 12.3 Å². The van der Waals surface area contributed by atoms with Crippen molar-refractivity contribution in [3.8, 4) is 12.3 Å². The summed E-state index contributed by atoms with van der Waals surface area (Å²) in [7, 11) is 0. The van der Waals surface area contributed by atoms with Crippen LogP contribution >= 0.6 is 0 Å². The summed E-state index contributed by atoms with van der Waals surface area (Å²) in [5.74, 6) is 2.80. The number of hydrogen-bond donors (Lipinski definition) is 1. The summed E-state index contributed by atoms with van der Waals surface area (Å²) >= 11 is 0. The second kappa shape index (κ2) is 5.62. The van der Waals surface area contributed by atoms with E-state index in [0.717, 1.165) is 5.57 Å². The van der Waals surface area contributed by atoms with Crippen LogP contribution in [0.3, 0.4) is 0 Å². The molecular formula is C12H19NO. The minimum atomic E-state index is -0.329. The lowest BCUT2D eigenvalue weighted by Gasteiger charge is -2.19. The molecule has 0 fully saturated rings. The maximum atomic E-state index is 11.4. The van der Waals surface area contributed by atoms with Crippen LogP contribution in [0.25, 0.3) is 0 Å². The maximum absolute atomic E-state index is 11.4. The zero-order chi connectivity index (χ0) is 11.2. The van der Waals surface area contributed by atoms with Gasteiger partial charge in [0.15, 0.2) is 5.78 Å². The topological polar surface area (TPSA) is 29.1 Å². The van der Waals surface area contributed by atoms with Crippen LogP contribution in [-0.2, 0) is 4.79 Å². The lowest BCUT2D eigenvalue weighted by atomic mass is 10.1. The number of carbonyl (C=O) groups is 1. The molecule has 0 heterocycles. The molecule has 0 saturated carbocycles. The van der Waals surface area contributed by atoms with E-state index in [-0.39, 0.29) is 11.3 Å². The fourth-order valence-corrected chi connectivity index (χ4v) is 0.898. The monoisotopic (exact) mass is 193 g/mol. The van der Waals surface area contributed by atoms with Crippen molar-refractivity contribution in [2.45, 2.75) is 39.7 Å². The van der Waals surface area contributed by atoms with Crippen molar-refractivity contribution in [2.24, 2.45) is 0 Å². The third kappa shape index (κ3) is 4.84. The molecule has 0 aromatic carbocycles. The van der Waals surface area contributed by atoms with E-state index in [0.29, 0.717) is 13.0 Å². The first-order chi connectivity index (χ1) is 6.43. The van der Waals surface area contributed by atoms with Gasteiger partial charge in [0.1, 0.15) is 0 Å². The standard InChI is InChI=1S/C12H19NO/c1-6-10(3)11(14)8-9-13-12(4,5)7-2/h2,6,13H,8-9H2,1,3-5H3/b10-6+. The van der Waals surface area contributed by atoms with Crippen molar-refractivity contribution in [1.29, 1.82) is 0 Å². The number of ketones is 1. The number of rotatable bonds is 5. The van der Waals surface area contributed by atoms with Gasteiger partial charge in [0.05, 0.1) is 5.54 Å². The largest absolute Gasteiger partial charge is 0.301 e. The van der Waals surface area contributed by atoms with Crippen molar-refractivity contribution in [1.82, 2.24) is 5.32 Å². The first-order valence-corrected chi connectivity index (χ1v) is 4.82. The molecule has 0 aliphatic carbocycles. The third-order valence-corrected chi connectivity index (χ3v) is 2.15. The van der Waals surface area contributed by atoms with Gasteiger partial charge in [-0.25, -0.2) is 0 Å². The molecule has 0 bridgehead atoms. The average molecular weight is 193 g/mol. The minimum absolute atomic E-state index is 0.174. The van der Waals surface area contributed by atoms with Gasteiger partial charge in [-0.2, -0.15) is 0 Å². The van der Waals surface area contributed by atoms with E-state index in [1.54, 1.807) is 0 Å². The second-order valence-electron chi connectivity index (χ2n) is 3.84. The van der Waals surface area contributed by atoms with E-state index in [9.17, 15) is 4.79 Å². The summed E-state index contributed by atoms with van der Waals surface area (Å²) in [5, 5.41) is 3.13. The summed E-state index contributed by atoms with van der Waals surface area (Å²) in [4.78, 5) is 11.4. The van der Waals surface area contributed by atoms with Gasteiger partial charge in [0.25, 0.3) is 0 Å². The molecule has 0 amide bonds. The van der Waals surface area contributed by atoms with Gasteiger partial charge < -0.3 is 5.32 Å². The summed E-state index contributed by atoms with van der Waals surface area (Å²) in [6.07, 6.45) is 7.63. The normalized spacial score (nSPS) is 12.4. The fraction of sp³-hybridized carbons (Fsp3) is 0.583. The molecule has 78 valence electrons. The number of allylic oxidation sites excluding steroid dienone is 2. The Hall–Kier alpha value is -1.07. The summed E-state index contributed by atoms with van der Waals surface area (Å²) in [6, 6.07) is 0. The van der Waals surface area contributed by atoms with E-state index in [4.69, 9.17) is 6.42 Å². The van der Waals surface area contributed by atoms with Gasteiger partial charge in [0, 0.05) is 13.0 Å². The molecular weight excluding hydrogens is 174 g/mol. The van der Waals surface area contributed by atoms with Gasteiger partial charge in [-0.15, -0.1) is 6.42 Å². The number of nitrogens with one attached hydrogen (secondary N) is 1. The molecule has 1 N–H and O–H groups in total. The molecule has 0 aliphatic heterocycles. The highest BCUT2D eigenvalue weighted by Gasteiger charge is 2.12. The van der Waals surface area contributed by atoms with Crippen LogP contribution in [0.2, 0.25) is 0 Å². The van der Waals surface area contributed by atoms with Crippen LogP contribution in [0.4, 0.5) is 0 Å². The van der Waals surface area contributed by atoms with Gasteiger partial charge in [-0.1, -0.05) is 12.0 Å². The lowest BCUT2D eigenvalue weighted by molar-refractivity contribution is -0.115. The predicted molar refractivity (Wildman–Crippen MR) is 60.0 cm³/mol. The molecule has 0 atom stereocenters. The molecule has 2 heteroatoms. The van der Waals surface area contributed by atoms with Gasteiger partial charge in [-0.3, -0.25) is 4.79 Å². The number of hydrogen-bond acceptors (Lipinski definition) is 2. The van der Waals surface area contributed by atoms with Gasteiger partial charge in [-0.05, 0) is 33.3 Å². The zero-order valence-electron chi connectivity index (χ0n) is 9.48. The van der Waals surface area contributed by atoms with Crippen LogP contribution in [-0.4, -0.2) is 17.9 Å². The van der Waals surface area contributed by atoms with Crippen molar-refractivity contribution in [3.05, 3.63) is 11.6 Å². The number of carbonyl (C=O) groups excluding carboxylic acids is 1. The Kier molecular flexibility index (Phi) is 5.19. The Bertz CT molecular complexity index is 269. The van der Waals surface area contributed by atoms with Crippen molar-refractivity contribution in [2.75, 3.05) is 6.54 Å². The minimum Gasteiger partial charge on any atom is -0.301 e. The summed E-state index contributed by atoms with van der Waals surface area (Å²) in [5.41, 5.74) is 0.481. The molecule has 0 aliphatic rings. The Balaban J connectivity index is 3.89. The average Bonchev–Trinajstić information content (AvgIpc) is 2.16. The molecule has 0 rings (SSSR count). The van der Waals surface area contributed by atoms with Crippen molar-refractivity contribution in [3.63, 3.8) is 0 Å². The van der Waals surface area contributed by atoms with E-state index in [1.165, 1.54) is 0 Å². The van der Waals surface area contributed by atoms with E-state index < -0.39 is 0 Å². The quantitative estimate of drug-likeness (QED) is 0.534. The highest BCUT2D eigenvalue weighted by atomic mass is 16.1. The lowest BCUT2D eigenvalue weighted by Crippen LogP contribution is -2.38. The Morgan fingerprint density at radius 1 is 1.57 bits per heavy atom. The molecule has 14 heavy (non-hydrogen) atoms. The highest BCUT2D eigenvalue weighted by Crippen LogP contribution is 2.01. The fourth-order valence-electron chi connectivity index (χ4n) is 0.898. The van der Waals surface area contributed by atoms with Crippen LogP contribution in [0.1, 0.15) is 34.1 Å². The van der Waals surface area contributed by atoms with Crippen molar-refractivity contribution >= 4 is 5.78 Å². The molecule has 2 nitrogen and oxygen atoms in total. The first-order valence-electron chi connectivity index (χ1n) is 4.82. The highest BCUT2D eigenvalue weighted by molar-refractivity contribution is 5.94. The molecule has 0 saturated heterocycles. The molecule has 0 aromatic heterocycles. The Morgan fingerprint density at radius 3 is 2.57 bits per heavy atom. The smallest absolute Gasteiger partial charge is 0.159 e. The molecule has 0 radical (unpaired) electrons. The SMILES string of the molecule is C#CC(C)(C)NCCC(=O)/C(C)=C/C. The van der Waals surface area contributed by atoms with Crippen LogP contribution < -0.4 is 5.32 Å². The number of Topliss-reactive ketones (excluding diaryl/α,β-unsaturated/α-hetero) is 1. The van der Waals surface area contributed by atoms with E-state index >= 15 is 0 Å². The number of terminal acetylenes is 1. The van der Waals surface area contributed by atoms with E-state index in [2.05, 4.69) is 11.2 Å². The molecule has 0 unspecified atom stereocenters. The Morgan fingerprint density at radius 2 is 2.14 bits per heavy atom. The van der Waals surface area contributed by atoms with Crippen molar-refractivity contribution < 1.29 is 4.79 Å². The third-order valence-electron chi connectivity index (χ3n) is 2.15. The van der Waals surface area contributed by atoms with E-state index in [1.807, 2.05) is 33.8 Å². The first kappa shape index (κ1) is 12.9. The maximum Gasteiger partial charge on any atom is 0.159 e. The molecule has 0 aromatic rings. The predicted octanol–water partition coefficient (Wildman–Crippen LogP) is 1.91. The van der Waals surface area contributed by atoms with Gasteiger partial charge in [0.2, 0.25) is 0 Å². The Labute approximate surface area is 86.8 Å². The summed E-state index contributed by atoms with van der Waals surface area (Å²) < 4.78 is 0. The zero-order valence-corrected chi connectivity index (χ0v) is 9.48. The molecule has 0 spiro atoms. The second-order valence-corrected chi connectivity index (χ2v) is 3.84. The van der Waals surface area contributed by atoms with Crippen LogP contribution in [0.5, 0.6) is 0 Å².